The van der Waals surface area contributed by atoms with Crippen LogP contribution in [0.1, 0.15) is 39.7 Å². The lowest BCUT2D eigenvalue weighted by molar-refractivity contribution is -0.140. The number of halogens is 4. The summed E-state index contributed by atoms with van der Waals surface area (Å²) in [5, 5.41) is 6.21. The van der Waals surface area contributed by atoms with Crippen LogP contribution in [0.4, 0.5) is 23.4 Å². The number of hydrogen-bond donors (Lipinski definition) is 2. The molecule has 6 rings (SSSR count). The third-order valence-electron chi connectivity index (χ3n) is 6.40. The third kappa shape index (κ3) is 3.80. The molecule has 1 amide bonds. The van der Waals surface area contributed by atoms with Crippen LogP contribution in [0, 0.1) is 5.82 Å². The van der Waals surface area contributed by atoms with Crippen molar-refractivity contribution in [1.29, 1.82) is 0 Å². The van der Waals surface area contributed by atoms with Gasteiger partial charge < -0.3 is 19.8 Å². The van der Waals surface area contributed by atoms with Crippen molar-refractivity contribution in [3.8, 4) is 0 Å². The number of aromatic nitrogens is 4. The summed E-state index contributed by atoms with van der Waals surface area (Å²) in [5.74, 6) is 0.605. The van der Waals surface area contributed by atoms with Gasteiger partial charge in [-0.2, -0.15) is 13.2 Å². The monoisotopic (exact) mass is 496 g/mol. The van der Waals surface area contributed by atoms with Gasteiger partial charge in [0, 0.05) is 19.6 Å². The SMILES string of the molecule is O=C(NC1=CCn2c1nc1c2NCCC1)c1cc2nc(C(F)(F)F)ccc2n1Cc1cccc(F)c1. The van der Waals surface area contributed by atoms with E-state index in [0.717, 1.165) is 37.0 Å². The van der Waals surface area contributed by atoms with Crippen molar-refractivity contribution in [3.63, 3.8) is 0 Å². The van der Waals surface area contributed by atoms with Crippen LogP contribution in [0.5, 0.6) is 0 Å². The number of imidazole rings is 1. The standard InChI is InChI=1S/C25H20F4N6O/c26-15-4-1-3-14(11-15)13-35-19-6-7-21(25(27,28)29)31-18(19)12-20(35)24(36)33-17-8-10-34-22-16(32-23(17)34)5-2-9-30-22/h1,3-4,6-8,11-12,30H,2,5,9-10,13H2,(H,33,36). The highest BCUT2D eigenvalue weighted by Crippen LogP contribution is 2.32. The Labute approximate surface area is 202 Å². The largest absolute Gasteiger partial charge is 0.433 e. The van der Waals surface area contributed by atoms with Crippen molar-refractivity contribution >= 4 is 28.5 Å². The minimum Gasteiger partial charge on any atom is -0.370 e. The number of anilines is 1. The number of amides is 1. The van der Waals surface area contributed by atoms with E-state index < -0.39 is 23.6 Å². The number of rotatable bonds is 4. The van der Waals surface area contributed by atoms with Crippen LogP contribution < -0.4 is 10.6 Å². The lowest BCUT2D eigenvalue weighted by atomic mass is 10.2. The van der Waals surface area contributed by atoms with Gasteiger partial charge in [0.1, 0.15) is 23.0 Å². The number of nitrogens with zero attached hydrogens (tertiary/aromatic N) is 4. The quantitative estimate of drug-likeness (QED) is 0.406. The Kier molecular flexibility index (Phi) is 5.09. The van der Waals surface area contributed by atoms with E-state index >= 15 is 0 Å². The first-order chi connectivity index (χ1) is 17.3. The molecule has 11 heteroatoms. The first-order valence-electron chi connectivity index (χ1n) is 11.4. The Balaban J connectivity index is 1.38. The molecule has 5 heterocycles. The highest BCUT2D eigenvalue weighted by atomic mass is 19.4. The van der Waals surface area contributed by atoms with Crippen LogP contribution >= 0.6 is 0 Å². The molecule has 0 saturated heterocycles. The van der Waals surface area contributed by atoms with Gasteiger partial charge in [-0.25, -0.2) is 14.4 Å². The second-order valence-corrected chi connectivity index (χ2v) is 8.79. The maximum atomic E-state index is 13.8. The van der Waals surface area contributed by atoms with Crippen LogP contribution in [0.2, 0.25) is 0 Å². The van der Waals surface area contributed by atoms with E-state index in [0.29, 0.717) is 29.1 Å². The summed E-state index contributed by atoms with van der Waals surface area (Å²) in [6.45, 7) is 1.47. The van der Waals surface area contributed by atoms with Crippen molar-refractivity contribution in [2.45, 2.75) is 32.1 Å². The van der Waals surface area contributed by atoms with Crippen molar-refractivity contribution < 1.29 is 22.4 Å². The average Bonchev–Trinajstić information content (AvgIpc) is 3.51. The Morgan fingerprint density at radius 3 is 2.81 bits per heavy atom. The highest BCUT2D eigenvalue weighted by Gasteiger charge is 2.33. The predicted octanol–water partition coefficient (Wildman–Crippen LogP) is 4.58. The van der Waals surface area contributed by atoms with E-state index in [2.05, 4.69) is 20.6 Å². The molecule has 2 N–H and O–H groups in total. The maximum Gasteiger partial charge on any atom is 0.433 e. The molecule has 0 saturated carbocycles. The number of carbonyl (C=O) groups is 1. The van der Waals surface area contributed by atoms with Crippen LogP contribution in [0.3, 0.4) is 0 Å². The molecule has 1 aromatic carbocycles. The smallest absolute Gasteiger partial charge is 0.370 e. The lowest BCUT2D eigenvalue weighted by Gasteiger charge is -2.14. The lowest BCUT2D eigenvalue weighted by Crippen LogP contribution is -2.25. The molecule has 0 spiro atoms. The minimum absolute atomic E-state index is 0.0212. The third-order valence-corrected chi connectivity index (χ3v) is 6.40. The highest BCUT2D eigenvalue weighted by molar-refractivity contribution is 6.02. The molecule has 3 aromatic heterocycles. The molecular formula is C25H20F4N6O. The van der Waals surface area contributed by atoms with Gasteiger partial charge in [-0.1, -0.05) is 12.1 Å². The Hall–Kier alpha value is -4.15. The Bertz CT molecular complexity index is 1550. The molecule has 2 aliphatic heterocycles. The number of fused-ring (bicyclic) bond motifs is 4. The van der Waals surface area contributed by atoms with Gasteiger partial charge in [0.25, 0.3) is 5.91 Å². The predicted molar refractivity (Wildman–Crippen MR) is 125 cm³/mol. The molecule has 0 aliphatic carbocycles. The number of pyridine rings is 1. The van der Waals surface area contributed by atoms with Gasteiger partial charge in [0.2, 0.25) is 0 Å². The van der Waals surface area contributed by atoms with Gasteiger partial charge >= 0.3 is 6.18 Å². The van der Waals surface area contributed by atoms with E-state index in [1.165, 1.54) is 30.3 Å². The van der Waals surface area contributed by atoms with Crippen LogP contribution in [-0.2, 0) is 25.7 Å². The average molecular weight is 496 g/mol. The van der Waals surface area contributed by atoms with Crippen molar-refractivity contribution in [3.05, 3.63) is 82.8 Å². The molecule has 2 aliphatic rings. The topological polar surface area (TPSA) is 76.8 Å². The summed E-state index contributed by atoms with van der Waals surface area (Å²) in [6, 6.07) is 9.32. The van der Waals surface area contributed by atoms with E-state index in [-0.39, 0.29) is 17.8 Å². The summed E-state index contributed by atoms with van der Waals surface area (Å²) in [4.78, 5) is 21.8. The van der Waals surface area contributed by atoms with E-state index in [1.54, 1.807) is 10.6 Å². The fourth-order valence-electron chi connectivity index (χ4n) is 4.76. The fraction of sp³-hybridized carbons (Fsp3) is 0.240. The Morgan fingerprint density at radius 2 is 2.00 bits per heavy atom. The maximum absolute atomic E-state index is 13.8. The van der Waals surface area contributed by atoms with Crippen LogP contribution in [0.15, 0.2) is 48.5 Å². The van der Waals surface area contributed by atoms with Crippen molar-refractivity contribution in [2.75, 3.05) is 11.9 Å². The van der Waals surface area contributed by atoms with Crippen LogP contribution in [-0.4, -0.2) is 31.6 Å². The van der Waals surface area contributed by atoms with Gasteiger partial charge in [-0.05, 0) is 54.8 Å². The number of nitrogens with one attached hydrogen (secondary N) is 2. The van der Waals surface area contributed by atoms with Crippen molar-refractivity contribution in [1.82, 2.24) is 24.4 Å². The number of allylic oxidation sites excluding steroid dienone is 1. The second-order valence-electron chi connectivity index (χ2n) is 8.79. The Morgan fingerprint density at radius 1 is 1.14 bits per heavy atom. The van der Waals surface area contributed by atoms with Gasteiger partial charge in [-0.3, -0.25) is 4.79 Å². The molecule has 0 unspecified atom stereocenters. The zero-order valence-electron chi connectivity index (χ0n) is 18.9. The first kappa shape index (κ1) is 22.3. The molecule has 4 aromatic rings. The molecule has 36 heavy (non-hydrogen) atoms. The number of benzene rings is 1. The van der Waals surface area contributed by atoms with Gasteiger partial charge in [-0.15, -0.1) is 0 Å². The van der Waals surface area contributed by atoms with Gasteiger partial charge in [0.15, 0.2) is 5.82 Å². The summed E-state index contributed by atoms with van der Waals surface area (Å²) >= 11 is 0. The normalized spacial score (nSPS) is 14.8. The number of aryl methyl sites for hydroxylation is 1. The molecule has 0 bridgehead atoms. The molecule has 0 atom stereocenters. The van der Waals surface area contributed by atoms with Crippen molar-refractivity contribution in [2.24, 2.45) is 0 Å². The van der Waals surface area contributed by atoms with E-state index in [9.17, 15) is 22.4 Å². The first-order valence-corrected chi connectivity index (χ1v) is 11.4. The number of alkyl halides is 3. The van der Waals surface area contributed by atoms with Gasteiger partial charge in [0.05, 0.1) is 22.4 Å². The summed E-state index contributed by atoms with van der Waals surface area (Å²) in [6.07, 6.45) is -0.961. The summed E-state index contributed by atoms with van der Waals surface area (Å²) < 4.78 is 57.2. The van der Waals surface area contributed by atoms with E-state index in [1.807, 2.05) is 10.6 Å². The molecule has 184 valence electrons. The molecule has 0 radical (unpaired) electrons. The summed E-state index contributed by atoms with van der Waals surface area (Å²) in [7, 11) is 0. The van der Waals surface area contributed by atoms with E-state index in [4.69, 9.17) is 0 Å². The number of hydrogen-bond acceptors (Lipinski definition) is 4. The van der Waals surface area contributed by atoms with Crippen LogP contribution in [0.25, 0.3) is 16.7 Å². The summed E-state index contributed by atoms with van der Waals surface area (Å²) in [5.41, 5.74) is 1.43. The fourth-order valence-corrected chi connectivity index (χ4v) is 4.76. The minimum atomic E-state index is -4.62. The zero-order valence-corrected chi connectivity index (χ0v) is 18.9. The zero-order chi connectivity index (χ0) is 25.0. The second kappa shape index (κ2) is 8.21. The molecule has 7 nitrogen and oxygen atoms in total. The molecule has 0 fully saturated rings. The molecular weight excluding hydrogens is 476 g/mol. The number of carbonyl (C=O) groups excluding carboxylic acids is 1.